The number of hydrogen-bond acceptors (Lipinski definition) is 5. The third kappa shape index (κ3) is 6.95. The normalized spacial score (nSPS) is 28.2. The fourth-order valence-corrected chi connectivity index (χ4v) is 5.53. The highest BCUT2D eigenvalue weighted by atomic mass is 35.5. The first-order chi connectivity index (χ1) is 18.4. The van der Waals surface area contributed by atoms with E-state index in [-0.39, 0.29) is 32.0 Å². The van der Waals surface area contributed by atoms with Gasteiger partial charge in [0, 0.05) is 24.4 Å². The van der Waals surface area contributed by atoms with E-state index in [0.717, 1.165) is 30.5 Å². The molecule has 6 nitrogen and oxygen atoms in total. The summed E-state index contributed by atoms with van der Waals surface area (Å²) in [5.41, 5.74) is -0.857. The molecular formula is C29H33ClF3NO5. The van der Waals surface area contributed by atoms with Gasteiger partial charge in [-0.3, -0.25) is 4.79 Å². The monoisotopic (exact) mass is 567 g/mol. The lowest BCUT2D eigenvalue weighted by molar-refractivity contribution is -0.183. The average Bonchev–Trinajstić information content (AvgIpc) is 3.65. The number of alkyl halides is 3. The number of halogens is 4. The Hall–Kier alpha value is -2.17. The van der Waals surface area contributed by atoms with Crippen LogP contribution in [-0.4, -0.2) is 42.2 Å². The van der Waals surface area contributed by atoms with Gasteiger partial charge in [0.25, 0.3) is 5.91 Å². The van der Waals surface area contributed by atoms with E-state index in [1.54, 1.807) is 32.0 Å². The molecule has 0 radical (unpaired) electrons. The lowest BCUT2D eigenvalue weighted by Crippen LogP contribution is -2.60. The molecule has 0 aromatic heterocycles. The van der Waals surface area contributed by atoms with Crippen LogP contribution < -0.4 is 5.32 Å². The Morgan fingerprint density at radius 1 is 1.05 bits per heavy atom. The van der Waals surface area contributed by atoms with Crippen molar-refractivity contribution in [3.05, 3.63) is 70.2 Å². The van der Waals surface area contributed by atoms with Gasteiger partial charge in [0.1, 0.15) is 6.10 Å². The summed E-state index contributed by atoms with van der Waals surface area (Å²) in [6.45, 7) is 4.19. The minimum absolute atomic E-state index is 0.0876. The zero-order chi connectivity index (χ0) is 27.8. The largest absolute Gasteiger partial charge is 0.416 e. The van der Waals surface area contributed by atoms with E-state index < -0.39 is 41.4 Å². The van der Waals surface area contributed by atoms with Crippen molar-refractivity contribution in [1.29, 1.82) is 0 Å². The van der Waals surface area contributed by atoms with Crippen LogP contribution in [0.25, 0.3) is 0 Å². The van der Waals surface area contributed by atoms with Crippen molar-refractivity contribution < 1.29 is 36.9 Å². The highest BCUT2D eigenvalue weighted by Gasteiger charge is 2.58. The topological polar surface area (TPSA) is 66.0 Å². The van der Waals surface area contributed by atoms with Crippen LogP contribution in [-0.2, 0) is 43.1 Å². The van der Waals surface area contributed by atoms with E-state index in [1.807, 2.05) is 12.1 Å². The summed E-state index contributed by atoms with van der Waals surface area (Å²) in [7, 11) is 0. The molecule has 1 amide bonds. The molecule has 3 aliphatic rings. The summed E-state index contributed by atoms with van der Waals surface area (Å²) >= 11 is 6.16. The maximum atomic E-state index is 13.7. The van der Waals surface area contributed by atoms with Gasteiger partial charge in [0.15, 0.2) is 11.4 Å². The molecule has 2 aliphatic carbocycles. The maximum absolute atomic E-state index is 13.7. The first-order valence-electron chi connectivity index (χ1n) is 13.2. The Morgan fingerprint density at radius 2 is 1.77 bits per heavy atom. The molecule has 1 aliphatic heterocycles. The summed E-state index contributed by atoms with van der Waals surface area (Å²) in [5, 5.41) is 3.61. The number of ether oxygens (including phenoxy) is 4. The maximum Gasteiger partial charge on any atom is 0.416 e. The molecule has 4 atom stereocenters. The van der Waals surface area contributed by atoms with E-state index in [9.17, 15) is 18.0 Å². The predicted molar refractivity (Wildman–Crippen MR) is 138 cm³/mol. The first-order valence-corrected chi connectivity index (χ1v) is 13.6. The summed E-state index contributed by atoms with van der Waals surface area (Å²) in [5.74, 6) is -0.704. The minimum atomic E-state index is -4.46. The van der Waals surface area contributed by atoms with E-state index in [0.29, 0.717) is 23.0 Å². The Kier molecular flexibility index (Phi) is 8.01. The fourth-order valence-electron chi connectivity index (χ4n) is 5.32. The Labute approximate surface area is 231 Å². The van der Waals surface area contributed by atoms with Gasteiger partial charge in [0.05, 0.1) is 31.0 Å². The number of amides is 1. The number of benzene rings is 2. The summed E-state index contributed by atoms with van der Waals surface area (Å²) in [4.78, 5) is 13.7. The zero-order valence-electron chi connectivity index (χ0n) is 21.9. The number of fused-ring (bicyclic) bond motifs is 1. The van der Waals surface area contributed by atoms with Gasteiger partial charge in [-0.25, -0.2) is 0 Å². The molecule has 2 aromatic carbocycles. The molecular weight excluding hydrogens is 535 g/mol. The van der Waals surface area contributed by atoms with Gasteiger partial charge >= 0.3 is 6.18 Å². The van der Waals surface area contributed by atoms with Crippen molar-refractivity contribution >= 4 is 17.5 Å². The van der Waals surface area contributed by atoms with Crippen LogP contribution in [0.1, 0.15) is 56.2 Å². The Balaban J connectivity index is 1.39. The predicted octanol–water partition coefficient (Wildman–Crippen LogP) is 6.04. The molecule has 1 saturated heterocycles. The molecule has 0 unspecified atom stereocenters. The van der Waals surface area contributed by atoms with Crippen molar-refractivity contribution in [3.8, 4) is 0 Å². The summed E-state index contributed by atoms with van der Waals surface area (Å²) in [6, 6.07) is 12.3. The molecule has 39 heavy (non-hydrogen) atoms. The van der Waals surface area contributed by atoms with Gasteiger partial charge in [0.2, 0.25) is 0 Å². The molecule has 2 saturated carbocycles. The number of carbonyl (C=O) groups excluding carboxylic acids is 1. The molecule has 2 aromatic rings. The van der Waals surface area contributed by atoms with Gasteiger partial charge in [-0.05, 0) is 68.0 Å². The summed E-state index contributed by atoms with van der Waals surface area (Å²) < 4.78 is 64.7. The van der Waals surface area contributed by atoms with Crippen LogP contribution in [0.3, 0.4) is 0 Å². The smallest absolute Gasteiger partial charge is 0.371 e. The van der Waals surface area contributed by atoms with Crippen LogP contribution in [0.2, 0.25) is 5.02 Å². The van der Waals surface area contributed by atoms with Crippen LogP contribution in [0.4, 0.5) is 13.2 Å². The first kappa shape index (κ1) is 28.4. The quantitative estimate of drug-likeness (QED) is 0.400. The Morgan fingerprint density at radius 3 is 2.46 bits per heavy atom. The number of rotatable bonds is 9. The molecule has 1 N–H and O–H groups in total. The summed E-state index contributed by atoms with van der Waals surface area (Å²) in [6.07, 6.45) is -3.57. The number of carbonyl (C=O) groups is 1. The highest BCUT2D eigenvalue weighted by molar-refractivity contribution is 6.30. The second-order valence-electron chi connectivity index (χ2n) is 11.2. The van der Waals surface area contributed by atoms with Crippen molar-refractivity contribution in [2.24, 2.45) is 5.92 Å². The van der Waals surface area contributed by atoms with Gasteiger partial charge < -0.3 is 24.3 Å². The van der Waals surface area contributed by atoms with Gasteiger partial charge in [-0.2, -0.15) is 13.2 Å². The van der Waals surface area contributed by atoms with Crippen molar-refractivity contribution in [2.75, 3.05) is 6.54 Å². The van der Waals surface area contributed by atoms with Crippen molar-refractivity contribution in [3.63, 3.8) is 0 Å². The number of nitrogens with one attached hydrogen (secondary N) is 1. The highest BCUT2D eigenvalue weighted by Crippen LogP contribution is 2.44. The van der Waals surface area contributed by atoms with Crippen LogP contribution in [0.5, 0.6) is 0 Å². The van der Waals surface area contributed by atoms with Gasteiger partial charge in [-0.1, -0.05) is 35.9 Å². The van der Waals surface area contributed by atoms with Crippen LogP contribution >= 0.6 is 11.6 Å². The van der Waals surface area contributed by atoms with Crippen LogP contribution in [0.15, 0.2) is 48.5 Å². The molecule has 212 valence electrons. The molecule has 3 fully saturated rings. The van der Waals surface area contributed by atoms with Crippen LogP contribution in [0, 0.1) is 5.92 Å². The molecule has 0 bridgehead atoms. The third-order valence-electron chi connectivity index (χ3n) is 7.43. The molecule has 0 spiro atoms. The van der Waals surface area contributed by atoms with Gasteiger partial charge in [-0.15, -0.1) is 0 Å². The van der Waals surface area contributed by atoms with E-state index in [2.05, 4.69) is 5.32 Å². The van der Waals surface area contributed by atoms with Crippen molar-refractivity contribution in [1.82, 2.24) is 5.32 Å². The second kappa shape index (κ2) is 11.0. The standard InChI is InChI=1S/C29H33ClF3NO5/c1-27(2)38-24-14-28(26(35)34-15-18-9-10-18,37-17-20-6-4-8-22(30)12-20)13-23(25(24)39-27)36-16-19-5-3-7-21(11-19)29(31,32)33/h3-8,11-12,18,23-25H,9-10,13-17H2,1-2H3,(H,34,35)/t23-,24-,25+,28-/m1/s1. The molecule has 1 heterocycles. The van der Waals surface area contributed by atoms with E-state index in [4.69, 9.17) is 30.5 Å². The second-order valence-corrected chi connectivity index (χ2v) is 11.6. The molecule has 5 rings (SSSR count). The van der Waals surface area contributed by atoms with E-state index >= 15 is 0 Å². The Bertz CT molecular complexity index is 1190. The number of hydrogen-bond donors (Lipinski definition) is 1. The third-order valence-corrected chi connectivity index (χ3v) is 7.67. The minimum Gasteiger partial charge on any atom is -0.371 e. The average molecular weight is 568 g/mol. The zero-order valence-corrected chi connectivity index (χ0v) is 22.7. The van der Waals surface area contributed by atoms with E-state index in [1.165, 1.54) is 6.07 Å². The SMILES string of the molecule is CC1(C)O[C@H]2[C@H](OCc3cccc(C(F)(F)F)c3)C[C@](OCc3cccc(Cl)c3)(C(=O)NCC3CC3)C[C@H]2O1. The fraction of sp³-hybridized carbons (Fsp3) is 0.552. The lowest BCUT2D eigenvalue weighted by Gasteiger charge is -2.43. The lowest BCUT2D eigenvalue weighted by atomic mass is 9.78. The molecule has 10 heteroatoms. The van der Waals surface area contributed by atoms with Crippen molar-refractivity contribution in [2.45, 2.75) is 88.6 Å².